The van der Waals surface area contributed by atoms with E-state index in [-0.39, 0.29) is 12.2 Å². The van der Waals surface area contributed by atoms with Crippen molar-refractivity contribution in [2.24, 2.45) is 0 Å². The third kappa shape index (κ3) is 6.20. The maximum absolute atomic E-state index is 13.2. The van der Waals surface area contributed by atoms with Crippen molar-refractivity contribution in [3.05, 3.63) is 118 Å². The molecule has 1 aliphatic rings. The second-order valence-electron chi connectivity index (χ2n) is 8.41. The number of carbonyl (C=O) groups excluding carboxylic acids is 1. The van der Waals surface area contributed by atoms with E-state index in [1.165, 1.54) is 10.4 Å². The number of carboxylic acids is 1. The largest absolute Gasteiger partial charge is 0.480 e. The summed E-state index contributed by atoms with van der Waals surface area (Å²) in [5.74, 6) is -1.14. The molecule has 6 nitrogen and oxygen atoms in total. The molecule has 0 spiro atoms. The van der Waals surface area contributed by atoms with Crippen molar-refractivity contribution in [2.45, 2.75) is 24.9 Å². The summed E-state index contributed by atoms with van der Waals surface area (Å²) in [6.45, 7) is 1.97. The Morgan fingerprint density at radius 2 is 1.67 bits per heavy atom. The average Bonchev–Trinajstić information content (AvgIpc) is 3.15. The number of allylic oxidation sites excluding steroid dienone is 1. The molecule has 0 saturated carbocycles. The zero-order chi connectivity index (χ0) is 25.7. The summed E-state index contributed by atoms with van der Waals surface area (Å²) >= 11 is 4.45. The van der Waals surface area contributed by atoms with Gasteiger partial charge in [-0.2, -0.15) is 4.31 Å². The van der Waals surface area contributed by atoms with Crippen LogP contribution in [-0.4, -0.2) is 36.9 Å². The Balaban J connectivity index is 1.46. The number of carboxylic acid groups (broad SMARTS) is 1. The van der Waals surface area contributed by atoms with Crippen LogP contribution in [0.25, 0.3) is 12.2 Å². The maximum Gasteiger partial charge on any atom is 0.322 e. The SMILES string of the molecule is Cc1ccc(C(=O)/C=C/c2ccc(/C=C3/N[C@H](S)N(C(Cc4ccccc4)C(=O)O)S3=O)cc2)cc1. The normalized spacial score (nSPS) is 19.9. The second kappa shape index (κ2) is 11.5. The van der Waals surface area contributed by atoms with E-state index < -0.39 is 28.5 Å². The molecular formula is C28H26N2O4S2. The van der Waals surface area contributed by atoms with E-state index >= 15 is 0 Å². The van der Waals surface area contributed by atoms with Gasteiger partial charge in [0.05, 0.1) is 0 Å². The first kappa shape index (κ1) is 25.6. The van der Waals surface area contributed by atoms with Crippen LogP contribution < -0.4 is 5.32 Å². The Labute approximate surface area is 218 Å². The highest BCUT2D eigenvalue weighted by atomic mass is 32.2. The number of hydrogen-bond acceptors (Lipinski definition) is 5. The molecular weight excluding hydrogens is 492 g/mol. The van der Waals surface area contributed by atoms with E-state index in [1.54, 1.807) is 24.3 Å². The molecule has 0 bridgehead atoms. The Morgan fingerprint density at radius 1 is 1.03 bits per heavy atom. The number of carbonyl (C=O) groups is 2. The quantitative estimate of drug-likeness (QED) is 0.229. The van der Waals surface area contributed by atoms with Crippen LogP contribution in [0.3, 0.4) is 0 Å². The van der Waals surface area contributed by atoms with Gasteiger partial charge >= 0.3 is 5.97 Å². The second-order valence-corrected chi connectivity index (χ2v) is 10.3. The molecule has 0 aliphatic carbocycles. The third-order valence-corrected chi connectivity index (χ3v) is 7.75. The molecule has 3 aromatic carbocycles. The lowest BCUT2D eigenvalue weighted by Gasteiger charge is -2.24. The number of aryl methyl sites for hydroxylation is 1. The third-order valence-electron chi connectivity index (χ3n) is 5.75. The van der Waals surface area contributed by atoms with Crippen LogP contribution in [0.1, 0.15) is 32.6 Å². The van der Waals surface area contributed by atoms with E-state index in [0.29, 0.717) is 10.6 Å². The topological polar surface area (TPSA) is 86.7 Å². The fourth-order valence-corrected chi connectivity index (χ4v) is 5.74. The number of rotatable bonds is 8. The van der Waals surface area contributed by atoms with Crippen molar-refractivity contribution in [3.63, 3.8) is 0 Å². The van der Waals surface area contributed by atoms with Gasteiger partial charge in [0.15, 0.2) is 5.78 Å². The molecule has 2 N–H and O–H groups in total. The number of nitrogens with zero attached hydrogens (tertiary/aromatic N) is 1. The molecule has 1 aliphatic heterocycles. The lowest BCUT2D eigenvalue weighted by molar-refractivity contribution is -0.141. The average molecular weight is 519 g/mol. The molecule has 0 aromatic heterocycles. The fraction of sp³-hybridized carbons (Fsp3) is 0.143. The number of hydrogen-bond donors (Lipinski definition) is 3. The van der Waals surface area contributed by atoms with E-state index in [2.05, 4.69) is 17.9 Å². The highest BCUT2D eigenvalue weighted by Crippen LogP contribution is 2.27. The first-order valence-corrected chi connectivity index (χ1v) is 13.0. The lowest BCUT2D eigenvalue weighted by Crippen LogP contribution is -2.45. The van der Waals surface area contributed by atoms with Gasteiger partial charge in [-0.3, -0.25) is 9.59 Å². The zero-order valence-corrected chi connectivity index (χ0v) is 21.3. The molecule has 0 radical (unpaired) electrons. The predicted molar refractivity (Wildman–Crippen MR) is 146 cm³/mol. The highest BCUT2D eigenvalue weighted by Gasteiger charge is 2.41. The maximum atomic E-state index is 13.2. The van der Waals surface area contributed by atoms with Gasteiger partial charge in [-0.15, -0.1) is 12.6 Å². The predicted octanol–water partition coefficient (Wildman–Crippen LogP) is 4.67. The van der Waals surface area contributed by atoms with E-state index in [9.17, 15) is 18.9 Å². The van der Waals surface area contributed by atoms with Crippen LogP contribution >= 0.6 is 12.6 Å². The molecule has 1 heterocycles. The van der Waals surface area contributed by atoms with Crippen LogP contribution in [0.5, 0.6) is 0 Å². The molecule has 184 valence electrons. The highest BCUT2D eigenvalue weighted by molar-refractivity contribution is 7.89. The van der Waals surface area contributed by atoms with E-state index in [0.717, 1.165) is 22.3 Å². The van der Waals surface area contributed by atoms with Gasteiger partial charge in [0.2, 0.25) is 0 Å². The van der Waals surface area contributed by atoms with Crippen LogP contribution in [0.2, 0.25) is 0 Å². The number of nitrogens with one attached hydrogen (secondary N) is 1. The van der Waals surface area contributed by atoms with Gasteiger partial charge in [0.25, 0.3) is 0 Å². The summed E-state index contributed by atoms with van der Waals surface area (Å²) in [5.41, 5.74) is 3.48. The van der Waals surface area contributed by atoms with Gasteiger partial charge in [-0.25, -0.2) is 4.21 Å². The molecule has 8 heteroatoms. The van der Waals surface area contributed by atoms with Crippen molar-refractivity contribution in [1.29, 1.82) is 0 Å². The molecule has 1 saturated heterocycles. The van der Waals surface area contributed by atoms with E-state index in [1.807, 2.05) is 73.7 Å². The molecule has 3 atom stereocenters. The molecule has 2 unspecified atom stereocenters. The van der Waals surface area contributed by atoms with Crippen LogP contribution in [0.15, 0.2) is 90.0 Å². The summed E-state index contributed by atoms with van der Waals surface area (Å²) in [6, 6.07) is 23.0. The summed E-state index contributed by atoms with van der Waals surface area (Å²) < 4.78 is 14.6. The van der Waals surface area contributed by atoms with Crippen molar-refractivity contribution in [2.75, 3.05) is 0 Å². The lowest BCUT2D eigenvalue weighted by atomic mass is 10.1. The van der Waals surface area contributed by atoms with Gasteiger partial charge in [-0.05, 0) is 42.2 Å². The molecule has 0 amide bonds. The summed E-state index contributed by atoms with van der Waals surface area (Å²) in [4.78, 5) is 24.4. The number of ketones is 1. The van der Waals surface area contributed by atoms with Gasteiger partial charge in [0.1, 0.15) is 27.6 Å². The fourth-order valence-electron chi connectivity index (χ4n) is 3.79. The Kier molecular flexibility index (Phi) is 8.20. The minimum atomic E-state index is -1.72. The first-order valence-electron chi connectivity index (χ1n) is 11.3. The molecule has 3 aromatic rings. The minimum Gasteiger partial charge on any atom is -0.480 e. The van der Waals surface area contributed by atoms with Gasteiger partial charge in [0, 0.05) is 5.56 Å². The Bertz CT molecular complexity index is 1320. The smallest absolute Gasteiger partial charge is 0.322 e. The van der Waals surface area contributed by atoms with E-state index in [4.69, 9.17) is 0 Å². The molecule has 4 rings (SSSR count). The van der Waals surface area contributed by atoms with Gasteiger partial charge in [-0.1, -0.05) is 90.5 Å². The number of aliphatic carboxylic acids is 1. The summed E-state index contributed by atoms with van der Waals surface area (Å²) in [7, 11) is -1.72. The monoisotopic (exact) mass is 518 g/mol. The summed E-state index contributed by atoms with van der Waals surface area (Å²) in [6.07, 6.45) is 5.20. The van der Waals surface area contributed by atoms with Gasteiger partial charge < -0.3 is 10.4 Å². The Hall–Kier alpha value is -3.46. The van der Waals surface area contributed by atoms with Crippen LogP contribution in [-0.2, 0) is 22.2 Å². The molecule has 1 fully saturated rings. The minimum absolute atomic E-state index is 0.0739. The van der Waals surface area contributed by atoms with Crippen LogP contribution in [0.4, 0.5) is 0 Å². The molecule has 36 heavy (non-hydrogen) atoms. The number of thiol groups is 1. The van der Waals surface area contributed by atoms with Crippen molar-refractivity contribution in [3.8, 4) is 0 Å². The van der Waals surface area contributed by atoms with Crippen molar-refractivity contribution in [1.82, 2.24) is 9.62 Å². The van der Waals surface area contributed by atoms with Crippen molar-refractivity contribution < 1.29 is 18.9 Å². The van der Waals surface area contributed by atoms with Crippen LogP contribution in [0, 0.1) is 6.92 Å². The number of benzene rings is 3. The standard InChI is InChI=1S/C28H26N2O4S2/c1-19-7-14-23(15-8-19)25(31)16-13-20-9-11-22(12-10-20)18-26-29-28(35)30(36(26)34)24(27(32)33)17-21-5-3-2-4-6-21/h2-16,18,24,28-29,35H,17H2,1H3,(H,32,33)/b16-13+,26-18-/t24?,28-,36?/m0/s1. The van der Waals surface area contributed by atoms with Crippen molar-refractivity contribution >= 4 is 47.5 Å². The first-order chi connectivity index (χ1) is 17.3. The Morgan fingerprint density at radius 3 is 2.31 bits per heavy atom. The summed E-state index contributed by atoms with van der Waals surface area (Å²) in [5, 5.41) is 13.2. The zero-order valence-electron chi connectivity index (χ0n) is 19.6.